The average Bonchev–Trinajstić information content (AvgIpc) is 3.50. The van der Waals surface area contributed by atoms with Crippen LogP contribution in [0.3, 0.4) is 0 Å². The van der Waals surface area contributed by atoms with Crippen LogP contribution in [0.4, 0.5) is 0 Å². The summed E-state index contributed by atoms with van der Waals surface area (Å²) in [5, 5.41) is 1.02. The van der Waals surface area contributed by atoms with Gasteiger partial charge in [0.15, 0.2) is 0 Å². The maximum Gasteiger partial charge on any atom is 0.0832 e. The highest BCUT2D eigenvalue weighted by molar-refractivity contribution is 8.06. The van der Waals surface area contributed by atoms with E-state index in [9.17, 15) is 0 Å². The summed E-state index contributed by atoms with van der Waals surface area (Å²) in [7, 11) is 0. The number of hydrogen-bond acceptors (Lipinski definition) is 3. The number of rotatable bonds is 7. The first kappa shape index (κ1) is 32.9. The molecule has 3 fully saturated rings. The Morgan fingerprint density at radius 3 is 1.52 bits per heavy atom. The monoisotopic (exact) mass is 456 g/mol. The van der Waals surface area contributed by atoms with Gasteiger partial charge in [0, 0.05) is 17.6 Å². The van der Waals surface area contributed by atoms with Crippen molar-refractivity contribution in [2.24, 2.45) is 29.6 Å². The van der Waals surface area contributed by atoms with E-state index < -0.39 is 0 Å². The quantitative estimate of drug-likeness (QED) is 0.282. The molecule has 1 saturated carbocycles. The highest BCUT2D eigenvalue weighted by Crippen LogP contribution is 2.35. The standard InChI is InChI=1S/C7H14O.C6H12.C5H10O.C5H10S.C5H10/c1-6(2)8-5-7-3-4-7;1-5(2)6(3)4;2*1-4(2)5-3-6-5;1-4-5(2)3/h6-7H,3-5H2,1-2H3;6H,1H2,2-4H3;2*4-5H,3H2,1-2H3;4-5H,1H2,2-3H3. The third kappa shape index (κ3) is 29.8. The van der Waals surface area contributed by atoms with Crippen LogP contribution in [-0.2, 0) is 9.47 Å². The second-order valence-corrected chi connectivity index (χ2v) is 11.8. The predicted molar refractivity (Wildman–Crippen MR) is 144 cm³/mol. The molecule has 3 aliphatic rings. The summed E-state index contributed by atoms with van der Waals surface area (Å²) < 4.78 is 10.3. The molecule has 2 aliphatic heterocycles. The minimum Gasteiger partial charge on any atom is -0.379 e. The molecule has 0 N–H and O–H groups in total. The van der Waals surface area contributed by atoms with Crippen molar-refractivity contribution in [3.05, 3.63) is 24.8 Å². The first-order chi connectivity index (χ1) is 14.3. The van der Waals surface area contributed by atoms with E-state index in [1.54, 1.807) is 0 Å². The predicted octanol–water partition coefficient (Wildman–Crippen LogP) is 8.67. The SMILES string of the molecule is C=C(C)C(C)C.C=CC(C)C.CC(C)C1CO1.CC(C)C1CS1.CC(C)OCC1CC1. The molecule has 0 aromatic carbocycles. The van der Waals surface area contributed by atoms with E-state index in [1.165, 1.54) is 24.2 Å². The maximum absolute atomic E-state index is 5.37. The largest absolute Gasteiger partial charge is 0.379 e. The van der Waals surface area contributed by atoms with Crippen LogP contribution in [0.2, 0.25) is 0 Å². The van der Waals surface area contributed by atoms with Gasteiger partial charge in [-0.3, -0.25) is 0 Å². The molecule has 0 spiro atoms. The Bertz CT molecular complexity index is 410. The van der Waals surface area contributed by atoms with Gasteiger partial charge >= 0.3 is 0 Å². The molecule has 2 nitrogen and oxygen atoms in total. The number of allylic oxidation sites excluding steroid dienone is 2. The molecule has 31 heavy (non-hydrogen) atoms. The highest BCUT2D eigenvalue weighted by atomic mass is 32.2. The first-order valence-corrected chi connectivity index (χ1v) is 13.5. The molecule has 2 atom stereocenters. The Hall–Kier alpha value is -0.250. The number of hydrogen-bond donors (Lipinski definition) is 0. The van der Waals surface area contributed by atoms with Crippen LogP contribution in [0.25, 0.3) is 0 Å². The van der Waals surface area contributed by atoms with Gasteiger partial charge in [0.05, 0.1) is 18.8 Å². The van der Waals surface area contributed by atoms with Crippen molar-refractivity contribution >= 4 is 11.8 Å². The third-order valence-electron chi connectivity index (χ3n) is 5.02. The molecule has 0 amide bonds. The van der Waals surface area contributed by atoms with E-state index >= 15 is 0 Å². The molecule has 0 aromatic heterocycles. The van der Waals surface area contributed by atoms with E-state index in [1.807, 2.05) is 13.0 Å². The molecule has 0 bridgehead atoms. The Morgan fingerprint density at radius 2 is 1.42 bits per heavy atom. The number of epoxide rings is 1. The normalized spacial score (nSPS) is 20.5. The summed E-state index contributed by atoms with van der Waals surface area (Å²) in [6, 6.07) is 0. The van der Waals surface area contributed by atoms with Gasteiger partial charge < -0.3 is 9.47 Å². The third-order valence-corrected chi connectivity index (χ3v) is 6.29. The lowest BCUT2D eigenvalue weighted by Gasteiger charge is -2.04. The molecular formula is C28H56O2S. The van der Waals surface area contributed by atoms with Crippen LogP contribution in [0.1, 0.15) is 89.0 Å². The molecule has 1 aliphatic carbocycles. The van der Waals surface area contributed by atoms with E-state index in [-0.39, 0.29) is 0 Å². The molecule has 2 heterocycles. The van der Waals surface area contributed by atoms with Crippen LogP contribution < -0.4 is 0 Å². The van der Waals surface area contributed by atoms with Gasteiger partial charge in [-0.15, -0.1) is 6.58 Å². The minimum absolute atomic E-state index is 0.426. The van der Waals surface area contributed by atoms with Gasteiger partial charge in [0.1, 0.15) is 0 Å². The molecule has 0 radical (unpaired) electrons. The summed E-state index contributed by atoms with van der Waals surface area (Å²) in [6.07, 6.45) is 5.74. The lowest BCUT2D eigenvalue weighted by Crippen LogP contribution is -2.04. The Labute approximate surface area is 201 Å². The highest BCUT2D eigenvalue weighted by Gasteiger charge is 2.25. The minimum atomic E-state index is 0.426. The Kier molecular flexibility index (Phi) is 20.4. The van der Waals surface area contributed by atoms with Gasteiger partial charge in [0.25, 0.3) is 0 Å². The van der Waals surface area contributed by atoms with Crippen molar-refractivity contribution in [3.8, 4) is 0 Å². The molecule has 2 unspecified atom stereocenters. The lowest BCUT2D eigenvalue weighted by molar-refractivity contribution is 0.0707. The van der Waals surface area contributed by atoms with Gasteiger partial charge in [-0.05, 0) is 63.2 Å². The fourth-order valence-corrected chi connectivity index (χ4v) is 2.37. The fraction of sp³-hybridized carbons (Fsp3) is 0.857. The maximum atomic E-state index is 5.37. The Balaban J connectivity index is 0. The van der Waals surface area contributed by atoms with Crippen LogP contribution in [-0.4, -0.2) is 36.4 Å². The first-order valence-electron chi connectivity index (χ1n) is 12.4. The molecule has 0 aromatic rings. The van der Waals surface area contributed by atoms with Crippen molar-refractivity contribution in [1.29, 1.82) is 0 Å². The van der Waals surface area contributed by atoms with E-state index in [4.69, 9.17) is 9.47 Å². The van der Waals surface area contributed by atoms with Crippen LogP contribution in [0.5, 0.6) is 0 Å². The van der Waals surface area contributed by atoms with Crippen molar-refractivity contribution < 1.29 is 9.47 Å². The molecule has 2 saturated heterocycles. The summed E-state index contributed by atoms with van der Waals surface area (Å²) in [6.45, 7) is 32.9. The zero-order chi connectivity index (χ0) is 24.6. The summed E-state index contributed by atoms with van der Waals surface area (Å²) in [5.74, 6) is 5.30. The van der Waals surface area contributed by atoms with Crippen LogP contribution in [0.15, 0.2) is 24.8 Å². The summed E-state index contributed by atoms with van der Waals surface area (Å²) in [4.78, 5) is 0. The second kappa shape index (κ2) is 19.2. The van der Waals surface area contributed by atoms with Gasteiger partial charge in [-0.25, -0.2) is 0 Å². The zero-order valence-electron chi connectivity index (χ0n) is 22.9. The summed E-state index contributed by atoms with van der Waals surface area (Å²) in [5.41, 5.74) is 1.26. The topological polar surface area (TPSA) is 21.8 Å². The van der Waals surface area contributed by atoms with E-state index in [0.29, 0.717) is 24.0 Å². The number of thioether (sulfide) groups is 1. The average molecular weight is 457 g/mol. The zero-order valence-corrected chi connectivity index (χ0v) is 23.7. The molecule has 3 heteroatoms. The number of ether oxygens (including phenoxy) is 2. The van der Waals surface area contributed by atoms with Gasteiger partial charge in [0.2, 0.25) is 0 Å². The second-order valence-electron chi connectivity index (χ2n) is 10.5. The Morgan fingerprint density at radius 1 is 1.00 bits per heavy atom. The lowest BCUT2D eigenvalue weighted by atomic mass is 10.1. The molecular weight excluding hydrogens is 400 g/mol. The van der Waals surface area contributed by atoms with Crippen molar-refractivity contribution in [2.75, 3.05) is 19.0 Å². The van der Waals surface area contributed by atoms with E-state index in [2.05, 4.69) is 94.2 Å². The van der Waals surface area contributed by atoms with Crippen molar-refractivity contribution in [2.45, 2.75) is 106 Å². The van der Waals surface area contributed by atoms with Crippen LogP contribution in [0, 0.1) is 29.6 Å². The molecule has 3 rings (SSSR count). The summed E-state index contributed by atoms with van der Waals surface area (Å²) >= 11 is 2.08. The van der Waals surface area contributed by atoms with Gasteiger partial charge in [-0.2, -0.15) is 11.8 Å². The van der Waals surface area contributed by atoms with Crippen molar-refractivity contribution in [3.63, 3.8) is 0 Å². The smallest absolute Gasteiger partial charge is 0.0832 e. The fourth-order valence-electron chi connectivity index (χ4n) is 1.49. The molecule has 186 valence electrons. The van der Waals surface area contributed by atoms with Crippen LogP contribution >= 0.6 is 11.8 Å². The van der Waals surface area contributed by atoms with Gasteiger partial charge in [-0.1, -0.05) is 73.6 Å². The van der Waals surface area contributed by atoms with E-state index in [0.717, 1.165) is 36.2 Å². The van der Waals surface area contributed by atoms with Crippen molar-refractivity contribution in [1.82, 2.24) is 0 Å².